The van der Waals surface area contributed by atoms with E-state index in [1.807, 2.05) is 18.3 Å². The number of aromatic nitrogens is 3. The third-order valence-electron chi connectivity index (χ3n) is 4.48. The van der Waals surface area contributed by atoms with Gasteiger partial charge in [-0.25, -0.2) is 9.97 Å². The van der Waals surface area contributed by atoms with Crippen LogP contribution in [-0.2, 0) is 16.7 Å². The van der Waals surface area contributed by atoms with E-state index in [1.54, 1.807) is 7.11 Å². The zero-order valence-corrected chi connectivity index (χ0v) is 15.1. The van der Waals surface area contributed by atoms with E-state index in [-0.39, 0.29) is 5.41 Å². The Morgan fingerprint density at radius 3 is 2.58 bits per heavy atom. The first kappa shape index (κ1) is 17.0. The highest BCUT2D eigenvalue weighted by atomic mass is 16.5. The van der Waals surface area contributed by atoms with Gasteiger partial charge in [0, 0.05) is 49.2 Å². The zero-order valence-electron chi connectivity index (χ0n) is 15.1. The molecule has 0 radical (unpaired) electrons. The standard InChI is InChI=1S/C19H27N3O2/c1-19(2,3)18-21-16(15-5-6-17(23-4)20-11-15)13-22(18)12-14-7-9-24-10-8-14/h5-6,11,13-14H,7-10,12H2,1-4H3. The minimum atomic E-state index is 0.00329. The van der Waals surface area contributed by atoms with Gasteiger partial charge in [-0.1, -0.05) is 20.8 Å². The number of methoxy groups -OCH3 is 1. The molecule has 0 N–H and O–H groups in total. The van der Waals surface area contributed by atoms with E-state index in [0.717, 1.165) is 49.7 Å². The highest BCUT2D eigenvalue weighted by Crippen LogP contribution is 2.28. The van der Waals surface area contributed by atoms with Crippen molar-refractivity contribution in [3.8, 4) is 17.1 Å². The summed E-state index contributed by atoms with van der Waals surface area (Å²) in [4.78, 5) is 9.23. The molecule has 24 heavy (non-hydrogen) atoms. The van der Waals surface area contributed by atoms with Gasteiger partial charge in [-0.15, -0.1) is 0 Å². The van der Waals surface area contributed by atoms with Crippen LogP contribution in [0.2, 0.25) is 0 Å². The molecule has 3 rings (SSSR count). The molecule has 5 heteroatoms. The Morgan fingerprint density at radius 2 is 2.00 bits per heavy atom. The lowest BCUT2D eigenvalue weighted by Crippen LogP contribution is -2.24. The minimum Gasteiger partial charge on any atom is -0.481 e. The predicted molar refractivity (Wildman–Crippen MR) is 94.3 cm³/mol. The molecule has 1 saturated heterocycles. The number of ether oxygens (including phenoxy) is 2. The van der Waals surface area contributed by atoms with Crippen LogP contribution < -0.4 is 4.74 Å². The summed E-state index contributed by atoms with van der Waals surface area (Å²) in [5, 5.41) is 0. The summed E-state index contributed by atoms with van der Waals surface area (Å²) in [5.74, 6) is 2.41. The first-order valence-electron chi connectivity index (χ1n) is 8.63. The molecule has 0 aliphatic carbocycles. The lowest BCUT2D eigenvalue weighted by atomic mass is 9.94. The van der Waals surface area contributed by atoms with Gasteiger partial charge in [0.1, 0.15) is 5.82 Å². The van der Waals surface area contributed by atoms with Crippen LogP contribution in [0.15, 0.2) is 24.5 Å². The maximum atomic E-state index is 5.49. The second-order valence-corrected chi connectivity index (χ2v) is 7.50. The van der Waals surface area contributed by atoms with Crippen molar-refractivity contribution >= 4 is 0 Å². The number of imidazole rings is 1. The van der Waals surface area contributed by atoms with Gasteiger partial charge >= 0.3 is 0 Å². The van der Waals surface area contributed by atoms with Gasteiger partial charge in [0.05, 0.1) is 12.8 Å². The number of rotatable bonds is 4. The first-order valence-corrected chi connectivity index (χ1v) is 8.63. The number of hydrogen-bond donors (Lipinski definition) is 0. The molecule has 0 unspecified atom stereocenters. The molecule has 0 saturated carbocycles. The molecular formula is C19H27N3O2. The smallest absolute Gasteiger partial charge is 0.212 e. The van der Waals surface area contributed by atoms with E-state index in [2.05, 4.69) is 36.5 Å². The van der Waals surface area contributed by atoms with Crippen LogP contribution >= 0.6 is 0 Å². The van der Waals surface area contributed by atoms with Crippen LogP contribution in [0, 0.1) is 5.92 Å². The summed E-state index contributed by atoms with van der Waals surface area (Å²) < 4.78 is 13.0. The van der Waals surface area contributed by atoms with Crippen LogP contribution in [-0.4, -0.2) is 34.9 Å². The van der Waals surface area contributed by atoms with Gasteiger partial charge in [-0.05, 0) is 24.8 Å². The van der Waals surface area contributed by atoms with E-state index < -0.39 is 0 Å². The quantitative estimate of drug-likeness (QED) is 0.858. The monoisotopic (exact) mass is 329 g/mol. The van der Waals surface area contributed by atoms with Gasteiger partial charge in [-0.2, -0.15) is 0 Å². The van der Waals surface area contributed by atoms with Gasteiger partial charge in [0.15, 0.2) is 0 Å². The van der Waals surface area contributed by atoms with E-state index in [1.165, 1.54) is 0 Å². The van der Waals surface area contributed by atoms with Crippen molar-refractivity contribution in [2.75, 3.05) is 20.3 Å². The molecule has 0 amide bonds. The Hall–Kier alpha value is -1.88. The normalized spacial score (nSPS) is 16.3. The molecular weight excluding hydrogens is 302 g/mol. The molecule has 0 bridgehead atoms. The summed E-state index contributed by atoms with van der Waals surface area (Å²) in [6, 6.07) is 3.89. The average molecular weight is 329 g/mol. The van der Waals surface area contributed by atoms with Gasteiger partial charge in [0.2, 0.25) is 5.88 Å². The molecule has 2 aromatic rings. The predicted octanol–water partition coefficient (Wildman–Crippen LogP) is 3.68. The molecule has 1 aliphatic rings. The van der Waals surface area contributed by atoms with Gasteiger partial charge < -0.3 is 14.0 Å². The largest absolute Gasteiger partial charge is 0.481 e. The molecule has 1 fully saturated rings. The Balaban J connectivity index is 1.90. The number of hydrogen-bond acceptors (Lipinski definition) is 4. The maximum absolute atomic E-state index is 5.49. The summed E-state index contributed by atoms with van der Waals surface area (Å²) in [5.41, 5.74) is 2.00. The summed E-state index contributed by atoms with van der Waals surface area (Å²) in [6.07, 6.45) is 6.24. The van der Waals surface area contributed by atoms with Gasteiger partial charge in [-0.3, -0.25) is 0 Å². The van der Waals surface area contributed by atoms with Crippen LogP contribution in [0.5, 0.6) is 5.88 Å². The maximum Gasteiger partial charge on any atom is 0.212 e. The van der Waals surface area contributed by atoms with Gasteiger partial charge in [0.25, 0.3) is 0 Å². The molecule has 0 aromatic carbocycles. The lowest BCUT2D eigenvalue weighted by molar-refractivity contribution is 0.0608. The highest BCUT2D eigenvalue weighted by molar-refractivity contribution is 5.58. The Kier molecular flexibility index (Phi) is 4.90. The first-order chi connectivity index (χ1) is 11.5. The topological polar surface area (TPSA) is 49.2 Å². The van der Waals surface area contributed by atoms with Crippen molar-refractivity contribution in [2.24, 2.45) is 5.92 Å². The molecule has 130 valence electrons. The third kappa shape index (κ3) is 3.78. The SMILES string of the molecule is COc1ccc(-c2cn(CC3CCOCC3)c(C(C)(C)C)n2)cn1. The van der Waals surface area contributed by atoms with Crippen molar-refractivity contribution in [3.05, 3.63) is 30.4 Å². The Labute approximate surface area is 144 Å². The minimum absolute atomic E-state index is 0.00329. The molecule has 0 atom stereocenters. The summed E-state index contributed by atoms with van der Waals surface area (Å²) >= 11 is 0. The zero-order chi connectivity index (χ0) is 17.2. The van der Waals surface area contributed by atoms with Crippen LogP contribution in [0.3, 0.4) is 0 Å². The second kappa shape index (κ2) is 6.93. The molecule has 1 aliphatic heterocycles. The Bertz CT molecular complexity index is 665. The van der Waals surface area contributed by atoms with Crippen LogP contribution in [0.1, 0.15) is 39.4 Å². The lowest BCUT2D eigenvalue weighted by Gasteiger charge is -2.25. The fraction of sp³-hybridized carbons (Fsp3) is 0.579. The van der Waals surface area contributed by atoms with Crippen LogP contribution in [0.4, 0.5) is 0 Å². The highest BCUT2D eigenvalue weighted by Gasteiger charge is 2.24. The molecule has 0 spiro atoms. The van der Waals surface area contributed by atoms with Crippen molar-refractivity contribution in [1.29, 1.82) is 0 Å². The van der Waals surface area contributed by atoms with Crippen molar-refractivity contribution in [3.63, 3.8) is 0 Å². The second-order valence-electron chi connectivity index (χ2n) is 7.50. The van der Waals surface area contributed by atoms with E-state index in [4.69, 9.17) is 14.5 Å². The van der Waals surface area contributed by atoms with Crippen molar-refractivity contribution < 1.29 is 9.47 Å². The van der Waals surface area contributed by atoms with E-state index in [0.29, 0.717) is 11.8 Å². The van der Waals surface area contributed by atoms with Crippen LogP contribution in [0.25, 0.3) is 11.3 Å². The number of pyridine rings is 1. The van der Waals surface area contributed by atoms with E-state index >= 15 is 0 Å². The average Bonchev–Trinajstić information content (AvgIpc) is 3.00. The summed E-state index contributed by atoms with van der Waals surface area (Å²) in [7, 11) is 1.63. The molecule has 2 aromatic heterocycles. The molecule has 3 heterocycles. The van der Waals surface area contributed by atoms with Crippen molar-refractivity contribution in [2.45, 2.75) is 45.6 Å². The molecule has 5 nitrogen and oxygen atoms in total. The summed E-state index contributed by atoms with van der Waals surface area (Å²) in [6.45, 7) is 9.40. The van der Waals surface area contributed by atoms with Crippen molar-refractivity contribution in [1.82, 2.24) is 14.5 Å². The number of nitrogens with zero attached hydrogens (tertiary/aromatic N) is 3. The fourth-order valence-electron chi connectivity index (χ4n) is 3.15. The van der Waals surface area contributed by atoms with E-state index in [9.17, 15) is 0 Å². The third-order valence-corrected chi connectivity index (χ3v) is 4.48. The Morgan fingerprint density at radius 1 is 1.25 bits per heavy atom. The fourth-order valence-corrected chi connectivity index (χ4v) is 3.15.